The number of phenols is 1. The van der Waals surface area contributed by atoms with Gasteiger partial charge in [0.25, 0.3) is 0 Å². The molecule has 0 spiro atoms. The molecule has 0 saturated carbocycles. The number of aromatic hydroxyl groups is 1. The summed E-state index contributed by atoms with van der Waals surface area (Å²) in [6.07, 6.45) is 3.46. The minimum Gasteiger partial charge on any atom is -0.508 e. The Hall–Kier alpha value is -1.96. The summed E-state index contributed by atoms with van der Waals surface area (Å²) in [6, 6.07) is 12.8. The molecule has 21 heavy (non-hydrogen) atoms. The fourth-order valence-electron chi connectivity index (χ4n) is 3.53. The Morgan fingerprint density at radius 2 is 1.90 bits per heavy atom. The molecule has 2 aromatic carbocycles. The van der Waals surface area contributed by atoms with E-state index in [0.29, 0.717) is 11.8 Å². The molecule has 2 heteroatoms. The van der Waals surface area contributed by atoms with Crippen LogP contribution in [0, 0.1) is 13.8 Å². The molecular formula is C19H23NO. The molecule has 1 unspecified atom stereocenters. The quantitative estimate of drug-likeness (QED) is 0.874. The maximum atomic E-state index is 9.83. The summed E-state index contributed by atoms with van der Waals surface area (Å²) in [6.45, 7) is 4.30. The highest BCUT2D eigenvalue weighted by atomic mass is 16.3. The summed E-state index contributed by atoms with van der Waals surface area (Å²) in [5.41, 5.74) is 6.54. The SMILES string of the molecule is Cc1ccc(N(C)C2CCCc3ccc(O)cc32)c(C)c1. The maximum Gasteiger partial charge on any atom is 0.115 e. The number of anilines is 1. The molecule has 0 bridgehead atoms. The van der Waals surface area contributed by atoms with Crippen molar-refractivity contribution in [2.45, 2.75) is 39.2 Å². The van der Waals surface area contributed by atoms with E-state index in [1.807, 2.05) is 6.07 Å². The highest BCUT2D eigenvalue weighted by Crippen LogP contribution is 2.38. The molecule has 0 radical (unpaired) electrons. The zero-order valence-electron chi connectivity index (χ0n) is 13.1. The van der Waals surface area contributed by atoms with Gasteiger partial charge in [-0.1, -0.05) is 23.8 Å². The maximum absolute atomic E-state index is 9.83. The fraction of sp³-hybridized carbons (Fsp3) is 0.368. The zero-order valence-corrected chi connectivity index (χ0v) is 13.1. The van der Waals surface area contributed by atoms with Crippen LogP contribution in [0.1, 0.15) is 41.1 Å². The molecule has 3 rings (SSSR count). The van der Waals surface area contributed by atoms with Crippen LogP contribution in [0.5, 0.6) is 5.75 Å². The van der Waals surface area contributed by atoms with Crippen LogP contribution in [0.15, 0.2) is 36.4 Å². The summed E-state index contributed by atoms with van der Waals surface area (Å²) >= 11 is 0. The largest absolute Gasteiger partial charge is 0.508 e. The van der Waals surface area contributed by atoms with Crippen molar-refractivity contribution >= 4 is 5.69 Å². The van der Waals surface area contributed by atoms with Gasteiger partial charge in [-0.05, 0) is 68.0 Å². The summed E-state index contributed by atoms with van der Waals surface area (Å²) in [5, 5.41) is 9.83. The van der Waals surface area contributed by atoms with Gasteiger partial charge < -0.3 is 10.0 Å². The van der Waals surface area contributed by atoms with Crippen molar-refractivity contribution in [1.29, 1.82) is 0 Å². The molecule has 0 fully saturated rings. The highest BCUT2D eigenvalue weighted by Gasteiger charge is 2.25. The molecule has 0 heterocycles. The van der Waals surface area contributed by atoms with Gasteiger partial charge in [0.1, 0.15) is 5.75 Å². The van der Waals surface area contributed by atoms with Crippen molar-refractivity contribution < 1.29 is 5.11 Å². The standard InChI is InChI=1S/C19H23NO/c1-13-7-10-18(14(2)11-13)20(3)19-6-4-5-15-8-9-16(21)12-17(15)19/h7-12,19,21H,4-6H2,1-3H3. The van der Waals surface area contributed by atoms with Crippen molar-refractivity contribution in [3.8, 4) is 5.75 Å². The lowest BCUT2D eigenvalue weighted by atomic mass is 9.86. The number of nitrogens with zero attached hydrogens (tertiary/aromatic N) is 1. The van der Waals surface area contributed by atoms with Crippen LogP contribution in [-0.4, -0.2) is 12.2 Å². The van der Waals surface area contributed by atoms with E-state index in [4.69, 9.17) is 0 Å². The number of hydrogen-bond acceptors (Lipinski definition) is 2. The zero-order chi connectivity index (χ0) is 15.0. The Balaban J connectivity index is 1.99. The second-order valence-electron chi connectivity index (χ2n) is 6.19. The second kappa shape index (κ2) is 5.44. The summed E-state index contributed by atoms with van der Waals surface area (Å²) in [4.78, 5) is 2.37. The van der Waals surface area contributed by atoms with E-state index < -0.39 is 0 Å². The van der Waals surface area contributed by atoms with Gasteiger partial charge in [-0.3, -0.25) is 0 Å². The van der Waals surface area contributed by atoms with Gasteiger partial charge in [0.2, 0.25) is 0 Å². The van der Waals surface area contributed by atoms with Gasteiger partial charge in [0, 0.05) is 12.7 Å². The number of fused-ring (bicyclic) bond motifs is 1. The van der Waals surface area contributed by atoms with E-state index in [1.165, 1.54) is 34.4 Å². The Morgan fingerprint density at radius 3 is 2.67 bits per heavy atom. The second-order valence-corrected chi connectivity index (χ2v) is 6.19. The van der Waals surface area contributed by atoms with Crippen LogP contribution in [0.4, 0.5) is 5.69 Å². The van der Waals surface area contributed by atoms with Crippen molar-refractivity contribution in [1.82, 2.24) is 0 Å². The Labute approximate surface area is 127 Å². The van der Waals surface area contributed by atoms with Gasteiger partial charge >= 0.3 is 0 Å². The predicted octanol–water partition coefficient (Wildman–Crippen LogP) is 4.52. The lowest BCUT2D eigenvalue weighted by molar-refractivity contribution is 0.469. The van der Waals surface area contributed by atoms with E-state index in [-0.39, 0.29) is 0 Å². The topological polar surface area (TPSA) is 23.5 Å². The molecule has 0 saturated heterocycles. The first kappa shape index (κ1) is 14.0. The van der Waals surface area contributed by atoms with E-state index in [0.717, 1.165) is 12.8 Å². The molecule has 1 aliphatic rings. The molecular weight excluding hydrogens is 258 g/mol. The molecule has 110 valence electrons. The van der Waals surface area contributed by atoms with Crippen molar-refractivity contribution in [2.24, 2.45) is 0 Å². The molecule has 2 aromatic rings. The molecule has 0 aliphatic heterocycles. The summed E-state index contributed by atoms with van der Waals surface area (Å²) in [7, 11) is 2.17. The molecule has 1 N–H and O–H groups in total. The fourth-order valence-corrected chi connectivity index (χ4v) is 3.53. The molecule has 2 nitrogen and oxygen atoms in total. The van der Waals surface area contributed by atoms with Gasteiger partial charge in [-0.25, -0.2) is 0 Å². The highest BCUT2D eigenvalue weighted by molar-refractivity contribution is 5.56. The normalized spacial score (nSPS) is 17.4. The van der Waals surface area contributed by atoms with Gasteiger partial charge in [0.15, 0.2) is 0 Å². The number of aryl methyl sites for hydroxylation is 3. The average Bonchev–Trinajstić information content (AvgIpc) is 2.46. The van der Waals surface area contributed by atoms with Crippen LogP contribution in [-0.2, 0) is 6.42 Å². The molecule has 0 amide bonds. The first-order valence-electron chi connectivity index (χ1n) is 7.68. The van der Waals surface area contributed by atoms with Crippen molar-refractivity contribution in [3.05, 3.63) is 58.7 Å². The van der Waals surface area contributed by atoms with Gasteiger partial charge in [-0.15, -0.1) is 0 Å². The third-order valence-corrected chi connectivity index (χ3v) is 4.61. The van der Waals surface area contributed by atoms with Crippen LogP contribution < -0.4 is 4.90 Å². The van der Waals surface area contributed by atoms with Crippen LogP contribution in [0.3, 0.4) is 0 Å². The number of phenolic OH excluding ortho intramolecular Hbond substituents is 1. The van der Waals surface area contributed by atoms with Crippen LogP contribution in [0.25, 0.3) is 0 Å². The third-order valence-electron chi connectivity index (χ3n) is 4.61. The smallest absolute Gasteiger partial charge is 0.115 e. The van der Waals surface area contributed by atoms with E-state index in [2.05, 4.69) is 50.1 Å². The molecule has 0 aromatic heterocycles. The predicted molar refractivity (Wildman–Crippen MR) is 88.1 cm³/mol. The Morgan fingerprint density at radius 1 is 1.10 bits per heavy atom. The van der Waals surface area contributed by atoms with Gasteiger partial charge in [0.05, 0.1) is 6.04 Å². The number of hydrogen-bond donors (Lipinski definition) is 1. The van der Waals surface area contributed by atoms with E-state index >= 15 is 0 Å². The lowest BCUT2D eigenvalue weighted by Gasteiger charge is -2.35. The Bertz CT molecular complexity index is 663. The minimum atomic E-state index is 0.349. The van der Waals surface area contributed by atoms with Crippen molar-refractivity contribution in [2.75, 3.05) is 11.9 Å². The van der Waals surface area contributed by atoms with E-state index in [1.54, 1.807) is 6.07 Å². The average molecular weight is 281 g/mol. The van der Waals surface area contributed by atoms with Crippen LogP contribution in [0.2, 0.25) is 0 Å². The third kappa shape index (κ3) is 2.63. The van der Waals surface area contributed by atoms with Crippen molar-refractivity contribution in [3.63, 3.8) is 0 Å². The monoisotopic (exact) mass is 281 g/mol. The van der Waals surface area contributed by atoms with Crippen LogP contribution >= 0.6 is 0 Å². The lowest BCUT2D eigenvalue weighted by Crippen LogP contribution is -2.28. The number of rotatable bonds is 2. The number of benzene rings is 2. The summed E-state index contributed by atoms with van der Waals surface area (Å²) in [5.74, 6) is 0.370. The van der Waals surface area contributed by atoms with Gasteiger partial charge in [-0.2, -0.15) is 0 Å². The first-order valence-corrected chi connectivity index (χ1v) is 7.68. The first-order chi connectivity index (χ1) is 10.1. The minimum absolute atomic E-state index is 0.349. The molecule has 1 aliphatic carbocycles. The van der Waals surface area contributed by atoms with E-state index in [9.17, 15) is 5.11 Å². The summed E-state index contributed by atoms with van der Waals surface area (Å²) < 4.78 is 0. The molecule has 1 atom stereocenters. The Kier molecular flexibility index (Phi) is 3.62.